The van der Waals surface area contributed by atoms with Gasteiger partial charge in [-0.05, 0) is 57.4 Å². The van der Waals surface area contributed by atoms with E-state index in [1.165, 1.54) is 19.2 Å². The normalized spacial score (nSPS) is 31.4. The summed E-state index contributed by atoms with van der Waals surface area (Å²) < 4.78 is 53.6. The molecule has 5 heterocycles. The number of aromatic nitrogens is 3. The number of carbonyl (C=O) groups excluding carboxylic acids is 2. The zero-order chi connectivity index (χ0) is 27.4. The van der Waals surface area contributed by atoms with Crippen LogP contribution in [0.5, 0.6) is 5.88 Å². The maximum absolute atomic E-state index is 14.3. The summed E-state index contributed by atoms with van der Waals surface area (Å²) in [5.74, 6) is -3.68. The summed E-state index contributed by atoms with van der Waals surface area (Å²) in [7, 11) is 1.43. The van der Waals surface area contributed by atoms with Crippen LogP contribution in [0.3, 0.4) is 0 Å². The molecule has 2 unspecified atom stereocenters. The summed E-state index contributed by atoms with van der Waals surface area (Å²) in [5, 5.41) is 9.97. The number of hydrogen-bond donors (Lipinski definition) is 2. The van der Waals surface area contributed by atoms with Gasteiger partial charge in [-0.1, -0.05) is 0 Å². The van der Waals surface area contributed by atoms with E-state index in [-0.39, 0.29) is 84.6 Å². The van der Waals surface area contributed by atoms with Crippen LogP contribution in [-0.2, 0) is 9.53 Å². The lowest BCUT2D eigenvalue weighted by atomic mass is 9.78. The molecule has 1 saturated carbocycles. The quantitative estimate of drug-likeness (QED) is 0.589. The molecule has 4 fully saturated rings. The fourth-order valence-electron chi connectivity index (χ4n) is 6.92. The average Bonchev–Trinajstić information content (AvgIpc) is 3.59. The van der Waals surface area contributed by atoms with Gasteiger partial charge in [0.1, 0.15) is 11.3 Å². The van der Waals surface area contributed by atoms with Crippen LogP contribution in [0.25, 0.3) is 11.3 Å². The Kier molecular flexibility index (Phi) is 6.55. The average molecular weight is 548 g/mol. The number of hydrogen-bond acceptors (Lipinski definition) is 6. The topological polar surface area (TPSA) is 109 Å². The van der Waals surface area contributed by atoms with E-state index >= 15 is 0 Å². The SMILES string of the molecule is COc1cc(-c2cc(C(=O)N3C4CCC3CC(C(=O)NC3CCC5(CC3)OCCC5(F)F)C4)[nH]n2)c(F)cn1. The minimum absolute atomic E-state index is 0.0648. The van der Waals surface area contributed by atoms with E-state index in [0.717, 1.165) is 19.0 Å². The van der Waals surface area contributed by atoms with E-state index < -0.39 is 17.3 Å². The Balaban J connectivity index is 1.07. The molecular weight excluding hydrogens is 515 g/mol. The lowest BCUT2D eigenvalue weighted by Crippen LogP contribution is -2.53. The van der Waals surface area contributed by atoms with Crippen LogP contribution in [0.1, 0.15) is 68.3 Å². The van der Waals surface area contributed by atoms with Crippen molar-refractivity contribution >= 4 is 11.8 Å². The highest BCUT2D eigenvalue weighted by Gasteiger charge is 2.59. The zero-order valence-corrected chi connectivity index (χ0v) is 21.7. The number of fused-ring (bicyclic) bond motifs is 2. The predicted octanol–water partition coefficient (Wildman–Crippen LogP) is 3.86. The first-order chi connectivity index (χ1) is 18.7. The van der Waals surface area contributed by atoms with Crippen LogP contribution >= 0.6 is 0 Å². The molecule has 0 aromatic carbocycles. The number of methoxy groups -OCH3 is 1. The maximum atomic E-state index is 14.3. The van der Waals surface area contributed by atoms with Gasteiger partial charge in [0.05, 0.1) is 25.6 Å². The molecule has 2 aromatic rings. The number of alkyl halides is 2. The second kappa shape index (κ2) is 9.79. The fourth-order valence-corrected chi connectivity index (χ4v) is 6.92. The highest BCUT2D eigenvalue weighted by Crippen LogP contribution is 2.49. The third kappa shape index (κ3) is 4.56. The van der Waals surface area contributed by atoms with Gasteiger partial charge in [-0.15, -0.1) is 0 Å². The molecular formula is C27H32F3N5O4. The zero-order valence-electron chi connectivity index (χ0n) is 21.7. The van der Waals surface area contributed by atoms with Crippen LogP contribution < -0.4 is 10.1 Å². The standard InChI is InChI=1S/C27H32F3N5O4/c1-38-23-12-19(20(28)14-31-23)21-13-22(34-33-21)25(37)35-17-2-3-18(35)11-15(10-17)24(36)32-16-4-6-26(7-5-16)27(29,30)8-9-39-26/h12-18H,2-11H2,1H3,(H,32,36)(H,33,34). The fraction of sp³-hybridized carbons (Fsp3) is 0.630. The van der Waals surface area contributed by atoms with Crippen molar-refractivity contribution in [2.24, 2.45) is 5.92 Å². The third-order valence-corrected chi connectivity index (χ3v) is 9.06. The minimum Gasteiger partial charge on any atom is -0.481 e. The van der Waals surface area contributed by atoms with Crippen molar-refractivity contribution < 1.29 is 32.2 Å². The number of pyridine rings is 1. The Morgan fingerprint density at radius 1 is 1.13 bits per heavy atom. The number of amides is 2. The van der Waals surface area contributed by atoms with E-state index in [0.29, 0.717) is 25.7 Å². The van der Waals surface area contributed by atoms with E-state index in [2.05, 4.69) is 20.5 Å². The van der Waals surface area contributed by atoms with Crippen LogP contribution in [0, 0.1) is 11.7 Å². The molecule has 2 N–H and O–H groups in total. The van der Waals surface area contributed by atoms with Gasteiger partial charge in [0.2, 0.25) is 11.8 Å². The molecule has 3 saturated heterocycles. The van der Waals surface area contributed by atoms with Crippen LogP contribution in [0.2, 0.25) is 0 Å². The number of rotatable bonds is 5. The van der Waals surface area contributed by atoms with E-state index in [4.69, 9.17) is 9.47 Å². The van der Waals surface area contributed by atoms with Crippen molar-refractivity contribution in [2.75, 3.05) is 13.7 Å². The summed E-state index contributed by atoms with van der Waals surface area (Å²) in [6, 6.07) is 2.63. The Hall–Kier alpha value is -3.15. The molecule has 12 heteroatoms. The monoisotopic (exact) mass is 547 g/mol. The van der Waals surface area contributed by atoms with Gasteiger partial charge in [0.15, 0.2) is 5.82 Å². The molecule has 1 spiro atoms. The molecule has 39 heavy (non-hydrogen) atoms. The Bertz CT molecular complexity index is 1250. The molecule has 2 aromatic heterocycles. The van der Waals surface area contributed by atoms with Crippen molar-refractivity contribution in [3.05, 3.63) is 29.8 Å². The first-order valence-corrected chi connectivity index (χ1v) is 13.6. The summed E-state index contributed by atoms with van der Waals surface area (Å²) >= 11 is 0. The van der Waals surface area contributed by atoms with Gasteiger partial charge >= 0.3 is 0 Å². The van der Waals surface area contributed by atoms with E-state index in [1.54, 1.807) is 0 Å². The van der Waals surface area contributed by atoms with Gasteiger partial charge in [0.25, 0.3) is 11.8 Å². The predicted molar refractivity (Wildman–Crippen MR) is 133 cm³/mol. The minimum atomic E-state index is -2.81. The summed E-state index contributed by atoms with van der Waals surface area (Å²) in [4.78, 5) is 32.2. The number of piperidine rings is 1. The van der Waals surface area contributed by atoms with Crippen LogP contribution in [0.4, 0.5) is 13.2 Å². The molecule has 210 valence electrons. The Labute approximate surface area is 223 Å². The van der Waals surface area contributed by atoms with Crippen molar-refractivity contribution in [2.45, 2.75) is 87.4 Å². The van der Waals surface area contributed by atoms with E-state index in [1.807, 2.05) is 4.90 Å². The lowest BCUT2D eigenvalue weighted by Gasteiger charge is -2.41. The second-order valence-electron chi connectivity index (χ2n) is 11.2. The van der Waals surface area contributed by atoms with E-state index in [9.17, 15) is 22.8 Å². The first kappa shape index (κ1) is 26.1. The van der Waals surface area contributed by atoms with Gasteiger partial charge in [-0.25, -0.2) is 18.2 Å². The Morgan fingerprint density at radius 2 is 1.85 bits per heavy atom. The highest BCUT2D eigenvalue weighted by molar-refractivity contribution is 5.94. The number of nitrogens with one attached hydrogen (secondary N) is 2. The summed E-state index contributed by atoms with van der Waals surface area (Å²) in [5.41, 5.74) is -0.677. The largest absolute Gasteiger partial charge is 0.481 e. The number of H-pyrrole nitrogens is 1. The van der Waals surface area contributed by atoms with Gasteiger partial charge < -0.3 is 19.7 Å². The van der Waals surface area contributed by atoms with Gasteiger partial charge in [-0.2, -0.15) is 5.10 Å². The molecule has 4 aliphatic rings. The number of carbonyl (C=O) groups is 2. The summed E-state index contributed by atoms with van der Waals surface area (Å²) in [6.45, 7) is 0.0827. The van der Waals surface area contributed by atoms with Crippen LogP contribution in [0.15, 0.2) is 18.3 Å². The third-order valence-electron chi connectivity index (χ3n) is 9.06. The van der Waals surface area contributed by atoms with Crippen molar-refractivity contribution in [1.82, 2.24) is 25.4 Å². The number of ether oxygens (including phenoxy) is 2. The van der Waals surface area contributed by atoms with Gasteiger partial charge in [-0.3, -0.25) is 14.7 Å². The molecule has 2 bridgehead atoms. The second-order valence-corrected chi connectivity index (χ2v) is 11.2. The smallest absolute Gasteiger partial charge is 0.278 e. The molecule has 2 atom stereocenters. The molecule has 3 aliphatic heterocycles. The molecule has 6 rings (SSSR count). The molecule has 2 amide bonds. The number of nitrogens with zero attached hydrogens (tertiary/aromatic N) is 3. The van der Waals surface area contributed by atoms with Crippen molar-refractivity contribution in [3.8, 4) is 17.1 Å². The van der Waals surface area contributed by atoms with Crippen molar-refractivity contribution in [3.63, 3.8) is 0 Å². The molecule has 9 nitrogen and oxygen atoms in total. The number of aromatic amines is 1. The highest BCUT2D eigenvalue weighted by atomic mass is 19.3. The summed E-state index contributed by atoms with van der Waals surface area (Å²) in [6.07, 6.45) is 4.92. The Morgan fingerprint density at radius 3 is 2.49 bits per heavy atom. The molecule has 0 radical (unpaired) electrons. The van der Waals surface area contributed by atoms with Crippen LogP contribution in [-0.4, -0.2) is 75.3 Å². The number of halogens is 3. The maximum Gasteiger partial charge on any atom is 0.278 e. The van der Waals surface area contributed by atoms with Gasteiger partial charge in [0, 0.05) is 42.1 Å². The molecule has 1 aliphatic carbocycles. The lowest BCUT2D eigenvalue weighted by molar-refractivity contribution is -0.165. The first-order valence-electron chi connectivity index (χ1n) is 13.6. The van der Waals surface area contributed by atoms with Crippen molar-refractivity contribution in [1.29, 1.82) is 0 Å².